The van der Waals surface area contributed by atoms with E-state index in [0.29, 0.717) is 46.9 Å². The number of carbonyl (C=O) groups is 2. The summed E-state index contributed by atoms with van der Waals surface area (Å²) in [6.45, 7) is 4.76. The van der Waals surface area contributed by atoms with Crippen molar-refractivity contribution >= 4 is 39.1 Å². The van der Waals surface area contributed by atoms with Gasteiger partial charge >= 0.3 is 0 Å². The molecule has 4 rings (SSSR count). The van der Waals surface area contributed by atoms with Crippen molar-refractivity contribution in [2.75, 3.05) is 24.4 Å². The lowest BCUT2D eigenvalue weighted by Crippen LogP contribution is -2.48. The third-order valence-corrected chi connectivity index (χ3v) is 9.18. The number of sulfonamides is 1. The summed E-state index contributed by atoms with van der Waals surface area (Å²) in [7, 11) is -2.50. The number of nitrogens with zero attached hydrogens (tertiary/aromatic N) is 3. The van der Waals surface area contributed by atoms with Crippen molar-refractivity contribution in [3.63, 3.8) is 0 Å². The maximum absolute atomic E-state index is 13.5. The van der Waals surface area contributed by atoms with Crippen LogP contribution in [0.15, 0.2) is 65.8 Å². The van der Waals surface area contributed by atoms with Gasteiger partial charge in [0.2, 0.25) is 5.91 Å². The van der Waals surface area contributed by atoms with Gasteiger partial charge in [-0.2, -0.15) is 0 Å². The number of likely N-dealkylation sites (tertiary alicyclic amines) is 1. The molecule has 0 bridgehead atoms. The molecule has 2 amide bonds. The van der Waals surface area contributed by atoms with Crippen LogP contribution in [0.4, 0.5) is 5.69 Å². The second kappa shape index (κ2) is 12.5. The SMILES string of the molecule is Cc1cc(S(=O)(=O)N(C)c2ccccc2C#CC(=O)N[C@H](Cc2ccncc2)C(=O)N2CCCC2)c(C)cc1Cl. The highest BCUT2D eigenvalue weighted by atomic mass is 35.5. The highest BCUT2D eigenvalue weighted by Crippen LogP contribution is 2.29. The molecule has 1 aromatic heterocycles. The molecule has 40 heavy (non-hydrogen) atoms. The number of amides is 2. The number of hydrogen-bond donors (Lipinski definition) is 1. The summed E-state index contributed by atoms with van der Waals surface area (Å²) < 4.78 is 28.2. The van der Waals surface area contributed by atoms with Gasteiger partial charge in [-0.1, -0.05) is 29.7 Å². The number of anilines is 1. The fourth-order valence-corrected chi connectivity index (χ4v) is 6.32. The van der Waals surface area contributed by atoms with E-state index < -0.39 is 22.0 Å². The average Bonchev–Trinajstić information content (AvgIpc) is 3.48. The van der Waals surface area contributed by atoms with E-state index in [0.717, 1.165) is 22.7 Å². The van der Waals surface area contributed by atoms with E-state index in [4.69, 9.17) is 11.6 Å². The van der Waals surface area contributed by atoms with Crippen molar-refractivity contribution in [2.45, 2.75) is 44.0 Å². The molecular weight excluding hydrogens is 548 g/mol. The van der Waals surface area contributed by atoms with E-state index in [2.05, 4.69) is 22.1 Å². The Labute approximate surface area is 240 Å². The third-order valence-electron chi connectivity index (χ3n) is 6.86. The lowest BCUT2D eigenvalue weighted by molar-refractivity contribution is -0.134. The summed E-state index contributed by atoms with van der Waals surface area (Å²) in [6, 6.07) is 12.7. The van der Waals surface area contributed by atoms with Gasteiger partial charge in [0.1, 0.15) is 6.04 Å². The first-order chi connectivity index (χ1) is 19.1. The topological polar surface area (TPSA) is 99.7 Å². The van der Waals surface area contributed by atoms with Crippen molar-refractivity contribution in [1.82, 2.24) is 15.2 Å². The van der Waals surface area contributed by atoms with Crippen molar-refractivity contribution < 1.29 is 18.0 Å². The fourth-order valence-electron chi connectivity index (χ4n) is 4.59. The Kier molecular flexibility index (Phi) is 9.13. The molecule has 3 aromatic rings. The van der Waals surface area contributed by atoms with Crippen molar-refractivity contribution in [2.24, 2.45) is 0 Å². The normalized spacial score (nSPS) is 13.8. The molecule has 1 N–H and O–H groups in total. The molecule has 208 valence electrons. The van der Waals surface area contributed by atoms with Crippen molar-refractivity contribution in [1.29, 1.82) is 0 Å². The van der Waals surface area contributed by atoms with E-state index >= 15 is 0 Å². The zero-order valence-corrected chi connectivity index (χ0v) is 24.2. The van der Waals surface area contributed by atoms with Crippen molar-refractivity contribution in [3.8, 4) is 11.8 Å². The van der Waals surface area contributed by atoms with Gasteiger partial charge in [-0.25, -0.2) is 8.42 Å². The Morgan fingerprint density at radius 3 is 2.45 bits per heavy atom. The number of nitrogens with one attached hydrogen (secondary N) is 1. The molecule has 2 aromatic carbocycles. The molecular formula is C30H31ClN4O4S. The molecule has 0 aliphatic carbocycles. The van der Waals surface area contributed by atoms with Crippen LogP contribution in [-0.2, 0) is 26.0 Å². The Balaban J connectivity index is 1.58. The van der Waals surface area contributed by atoms with Gasteiger partial charge in [0.25, 0.3) is 15.9 Å². The second-order valence-corrected chi connectivity index (χ2v) is 12.1. The zero-order chi connectivity index (χ0) is 28.9. The quantitative estimate of drug-likeness (QED) is 0.429. The molecule has 0 spiro atoms. The van der Waals surface area contributed by atoms with Crippen LogP contribution in [0.3, 0.4) is 0 Å². The average molecular weight is 579 g/mol. The van der Waals surface area contributed by atoms with Gasteiger partial charge < -0.3 is 10.2 Å². The highest BCUT2D eigenvalue weighted by molar-refractivity contribution is 7.92. The Bertz CT molecular complexity index is 1580. The molecule has 0 unspecified atom stereocenters. The summed E-state index contributed by atoms with van der Waals surface area (Å²) in [5, 5.41) is 3.26. The highest BCUT2D eigenvalue weighted by Gasteiger charge is 2.28. The monoisotopic (exact) mass is 578 g/mol. The molecule has 8 nitrogen and oxygen atoms in total. The summed E-state index contributed by atoms with van der Waals surface area (Å²) >= 11 is 6.18. The smallest absolute Gasteiger partial charge is 0.296 e. The number of aryl methyl sites for hydroxylation is 2. The minimum atomic E-state index is -3.95. The van der Waals surface area contributed by atoms with Crippen LogP contribution in [0.25, 0.3) is 0 Å². The van der Waals surface area contributed by atoms with Gasteiger partial charge in [-0.15, -0.1) is 0 Å². The van der Waals surface area contributed by atoms with Crippen LogP contribution in [0.1, 0.15) is 35.1 Å². The predicted molar refractivity (Wildman–Crippen MR) is 156 cm³/mol. The maximum Gasteiger partial charge on any atom is 0.296 e. The largest absolute Gasteiger partial charge is 0.341 e. The zero-order valence-electron chi connectivity index (χ0n) is 22.6. The first-order valence-electron chi connectivity index (χ1n) is 12.9. The molecule has 1 fully saturated rings. The number of aromatic nitrogens is 1. The van der Waals surface area contributed by atoms with Gasteiger partial charge in [-0.05, 0) is 79.8 Å². The summed E-state index contributed by atoms with van der Waals surface area (Å²) in [6.07, 6.45) is 5.46. The molecule has 1 aliphatic rings. The number of pyridine rings is 1. The van der Waals surface area contributed by atoms with Crippen LogP contribution < -0.4 is 9.62 Å². The molecule has 1 atom stereocenters. The lowest BCUT2D eigenvalue weighted by atomic mass is 10.1. The molecule has 0 saturated carbocycles. The van der Waals surface area contributed by atoms with E-state index in [-0.39, 0.29) is 10.8 Å². The second-order valence-electron chi connectivity index (χ2n) is 9.72. The molecule has 1 saturated heterocycles. The van der Waals surface area contributed by atoms with Gasteiger partial charge in [-0.3, -0.25) is 18.9 Å². The first kappa shape index (κ1) is 29.1. The van der Waals surface area contributed by atoms with Crippen LogP contribution in [0.5, 0.6) is 0 Å². The Morgan fingerprint density at radius 1 is 1.07 bits per heavy atom. The minimum absolute atomic E-state index is 0.136. The van der Waals surface area contributed by atoms with E-state index in [9.17, 15) is 18.0 Å². The maximum atomic E-state index is 13.5. The third kappa shape index (κ3) is 6.64. The molecule has 2 heterocycles. The molecule has 1 aliphatic heterocycles. The summed E-state index contributed by atoms with van der Waals surface area (Å²) in [5.74, 6) is 4.58. The molecule has 10 heteroatoms. The van der Waals surface area contributed by atoms with E-state index in [1.807, 2.05) is 0 Å². The Morgan fingerprint density at radius 2 is 1.75 bits per heavy atom. The van der Waals surface area contributed by atoms with Gasteiger partial charge in [0.05, 0.1) is 10.6 Å². The van der Waals surface area contributed by atoms with Gasteiger partial charge in [0, 0.05) is 55.5 Å². The summed E-state index contributed by atoms with van der Waals surface area (Å²) in [5.41, 5.74) is 2.70. The minimum Gasteiger partial charge on any atom is -0.341 e. The number of halogens is 1. The predicted octanol–water partition coefficient (Wildman–Crippen LogP) is 3.88. The van der Waals surface area contributed by atoms with Crippen LogP contribution in [0, 0.1) is 25.7 Å². The number of rotatable bonds is 7. The summed E-state index contributed by atoms with van der Waals surface area (Å²) in [4.78, 5) is 32.0. The molecule has 0 radical (unpaired) electrons. The van der Waals surface area contributed by atoms with Gasteiger partial charge in [0.15, 0.2) is 0 Å². The van der Waals surface area contributed by atoms with E-state index in [1.165, 1.54) is 7.05 Å². The van der Waals surface area contributed by atoms with Crippen LogP contribution in [0.2, 0.25) is 5.02 Å². The number of para-hydroxylation sites is 1. The first-order valence-corrected chi connectivity index (χ1v) is 14.7. The van der Waals surface area contributed by atoms with Crippen LogP contribution in [-0.4, -0.2) is 56.3 Å². The Hall–Kier alpha value is -3.87. The number of hydrogen-bond acceptors (Lipinski definition) is 5. The van der Waals surface area contributed by atoms with Crippen molar-refractivity contribution in [3.05, 3.63) is 88.2 Å². The standard InChI is InChI=1S/C30H31ClN4O4S/c1-21-19-28(22(2)18-25(21)31)40(38,39)34(3)27-9-5-4-8-24(27)10-11-29(36)33-26(20-23-12-14-32-15-13-23)30(37)35-16-6-7-17-35/h4-5,8-9,12-15,18-19,26H,6-7,16-17,20H2,1-3H3,(H,33,36)/t26-/m1/s1. The fraction of sp³-hybridized carbons (Fsp3) is 0.300. The van der Waals surface area contributed by atoms with Crippen LogP contribution >= 0.6 is 11.6 Å². The number of carbonyl (C=O) groups excluding carboxylic acids is 2. The lowest BCUT2D eigenvalue weighted by Gasteiger charge is -2.23. The number of benzene rings is 2. The van der Waals surface area contributed by atoms with E-state index in [1.54, 1.807) is 79.7 Å².